The average molecular weight is 267 g/mol. The third-order valence-electron chi connectivity index (χ3n) is 3.18. The van der Waals surface area contributed by atoms with Crippen LogP contribution < -0.4 is 10.1 Å². The van der Waals surface area contributed by atoms with Gasteiger partial charge in [-0.25, -0.2) is 4.98 Å². The fourth-order valence-corrected chi connectivity index (χ4v) is 2.14. The molecule has 0 radical (unpaired) electrons. The summed E-state index contributed by atoms with van der Waals surface area (Å²) in [4.78, 5) is 7.80. The first-order chi connectivity index (χ1) is 9.74. The molecule has 1 heterocycles. The van der Waals surface area contributed by atoms with E-state index in [9.17, 15) is 0 Å². The van der Waals surface area contributed by atoms with Gasteiger partial charge in [-0.05, 0) is 42.8 Å². The molecule has 0 spiro atoms. The van der Waals surface area contributed by atoms with Crippen LogP contribution in [0.4, 0.5) is 5.69 Å². The van der Waals surface area contributed by atoms with Crippen LogP contribution in [0.15, 0.2) is 42.5 Å². The van der Waals surface area contributed by atoms with Gasteiger partial charge < -0.3 is 15.0 Å². The predicted octanol–water partition coefficient (Wildman–Crippen LogP) is 3.49. The Kier molecular flexibility index (Phi) is 3.29. The summed E-state index contributed by atoms with van der Waals surface area (Å²) in [5, 5.41) is 3.11. The molecule has 4 nitrogen and oxygen atoms in total. The summed E-state index contributed by atoms with van der Waals surface area (Å²) in [5.41, 5.74) is 4.21. The Morgan fingerprint density at radius 2 is 2.10 bits per heavy atom. The number of fused-ring (bicyclic) bond motifs is 1. The highest BCUT2D eigenvalue weighted by Crippen LogP contribution is 2.18. The Bertz CT molecular complexity index is 733. The molecule has 3 rings (SSSR count). The summed E-state index contributed by atoms with van der Waals surface area (Å²) in [6.07, 6.45) is 0. The number of hydrogen-bond acceptors (Lipinski definition) is 3. The van der Waals surface area contributed by atoms with E-state index in [1.807, 2.05) is 56.4 Å². The summed E-state index contributed by atoms with van der Waals surface area (Å²) < 4.78 is 5.75. The van der Waals surface area contributed by atoms with Crippen LogP contribution in [0, 0.1) is 6.92 Å². The summed E-state index contributed by atoms with van der Waals surface area (Å²) in [7, 11) is 1.90. The van der Waals surface area contributed by atoms with Gasteiger partial charge in [0.15, 0.2) is 0 Å². The van der Waals surface area contributed by atoms with Crippen molar-refractivity contribution in [1.82, 2.24) is 9.97 Å². The maximum Gasteiger partial charge on any atom is 0.146 e. The molecule has 0 aliphatic heterocycles. The molecule has 0 bridgehead atoms. The average Bonchev–Trinajstić information content (AvgIpc) is 2.87. The highest BCUT2D eigenvalue weighted by molar-refractivity contribution is 5.79. The molecule has 2 aromatic carbocycles. The quantitative estimate of drug-likeness (QED) is 0.760. The lowest BCUT2D eigenvalue weighted by Crippen LogP contribution is -1.97. The van der Waals surface area contributed by atoms with Crippen molar-refractivity contribution in [2.24, 2.45) is 0 Å². The Labute approximate surface area is 117 Å². The van der Waals surface area contributed by atoms with E-state index in [0.717, 1.165) is 28.3 Å². The molecule has 0 atom stereocenters. The molecule has 2 N–H and O–H groups in total. The van der Waals surface area contributed by atoms with Crippen molar-refractivity contribution in [2.45, 2.75) is 13.5 Å². The van der Waals surface area contributed by atoms with Crippen molar-refractivity contribution in [3.8, 4) is 5.75 Å². The Morgan fingerprint density at radius 1 is 1.20 bits per heavy atom. The van der Waals surface area contributed by atoms with E-state index < -0.39 is 0 Å². The normalized spacial score (nSPS) is 10.7. The molecule has 102 valence electrons. The van der Waals surface area contributed by atoms with Crippen LogP contribution >= 0.6 is 0 Å². The van der Waals surface area contributed by atoms with E-state index in [-0.39, 0.29) is 0 Å². The van der Waals surface area contributed by atoms with Crippen molar-refractivity contribution in [3.05, 3.63) is 53.9 Å². The first kappa shape index (κ1) is 12.5. The van der Waals surface area contributed by atoms with Gasteiger partial charge in [0.05, 0.1) is 11.0 Å². The number of anilines is 1. The molecular formula is C16H17N3O. The fourth-order valence-electron chi connectivity index (χ4n) is 2.14. The van der Waals surface area contributed by atoms with Crippen molar-refractivity contribution >= 4 is 16.7 Å². The topological polar surface area (TPSA) is 49.9 Å². The van der Waals surface area contributed by atoms with Gasteiger partial charge in [0.25, 0.3) is 0 Å². The number of aryl methyl sites for hydroxylation is 1. The number of nitrogens with one attached hydrogen (secondary N) is 2. The van der Waals surface area contributed by atoms with Gasteiger partial charge in [-0.15, -0.1) is 0 Å². The van der Waals surface area contributed by atoms with Crippen LogP contribution in [0.3, 0.4) is 0 Å². The van der Waals surface area contributed by atoms with E-state index in [2.05, 4.69) is 15.3 Å². The van der Waals surface area contributed by atoms with Crippen molar-refractivity contribution in [3.63, 3.8) is 0 Å². The van der Waals surface area contributed by atoms with Gasteiger partial charge in [-0.2, -0.15) is 0 Å². The number of rotatable bonds is 4. The highest BCUT2D eigenvalue weighted by Gasteiger charge is 2.04. The minimum absolute atomic E-state index is 0.438. The van der Waals surface area contributed by atoms with Crippen LogP contribution in [0.2, 0.25) is 0 Å². The minimum atomic E-state index is 0.438. The number of ether oxygens (including phenoxy) is 1. The molecule has 0 aliphatic rings. The zero-order valence-corrected chi connectivity index (χ0v) is 11.6. The van der Waals surface area contributed by atoms with Crippen LogP contribution in [0.25, 0.3) is 11.0 Å². The summed E-state index contributed by atoms with van der Waals surface area (Å²) in [5.74, 6) is 1.69. The largest absolute Gasteiger partial charge is 0.486 e. The van der Waals surface area contributed by atoms with Crippen molar-refractivity contribution in [1.29, 1.82) is 0 Å². The number of aromatic amines is 1. The SMILES string of the molecule is CNc1ccc2nc(COc3cccc(C)c3)[nH]c2c1. The first-order valence-corrected chi connectivity index (χ1v) is 6.60. The zero-order chi connectivity index (χ0) is 13.9. The molecule has 0 amide bonds. The maximum atomic E-state index is 5.75. The predicted molar refractivity (Wildman–Crippen MR) is 81.2 cm³/mol. The lowest BCUT2D eigenvalue weighted by Gasteiger charge is -2.04. The maximum absolute atomic E-state index is 5.75. The van der Waals surface area contributed by atoms with Gasteiger partial charge in [-0.3, -0.25) is 0 Å². The summed E-state index contributed by atoms with van der Waals surface area (Å²) in [6.45, 7) is 2.49. The Balaban J connectivity index is 1.77. The van der Waals surface area contributed by atoms with Gasteiger partial charge in [0.2, 0.25) is 0 Å². The number of nitrogens with zero attached hydrogens (tertiary/aromatic N) is 1. The summed E-state index contributed by atoms with van der Waals surface area (Å²) >= 11 is 0. The molecule has 0 saturated heterocycles. The van der Waals surface area contributed by atoms with Gasteiger partial charge >= 0.3 is 0 Å². The van der Waals surface area contributed by atoms with E-state index in [1.54, 1.807) is 0 Å². The van der Waals surface area contributed by atoms with Crippen LogP contribution in [-0.2, 0) is 6.61 Å². The second kappa shape index (κ2) is 5.25. The smallest absolute Gasteiger partial charge is 0.146 e. The third-order valence-corrected chi connectivity index (χ3v) is 3.18. The number of benzene rings is 2. The number of H-pyrrole nitrogens is 1. The second-order valence-electron chi connectivity index (χ2n) is 4.77. The van der Waals surface area contributed by atoms with E-state index in [4.69, 9.17) is 4.74 Å². The molecule has 20 heavy (non-hydrogen) atoms. The molecule has 0 unspecified atom stereocenters. The molecule has 0 aliphatic carbocycles. The van der Waals surface area contributed by atoms with Crippen LogP contribution in [-0.4, -0.2) is 17.0 Å². The summed E-state index contributed by atoms with van der Waals surface area (Å²) in [6, 6.07) is 14.0. The van der Waals surface area contributed by atoms with Gasteiger partial charge in [0, 0.05) is 12.7 Å². The number of imidazole rings is 1. The molecule has 4 heteroatoms. The monoisotopic (exact) mass is 267 g/mol. The fraction of sp³-hybridized carbons (Fsp3) is 0.188. The van der Waals surface area contributed by atoms with E-state index in [0.29, 0.717) is 6.61 Å². The van der Waals surface area contributed by atoms with E-state index in [1.165, 1.54) is 5.56 Å². The molecule has 1 aromatic heterocycles. The third kappa shape index (κ3) is 2.59. The Hall–Kier alpha value is -2.49. The number of hydrogen-bond donors (Lipinski definition) is 2. The van der Waals surface area contributed by atoms with Gasteiger partial charge in [-0.1, -0.05) is 12.1 Å². The van der Waals surface area contributed by atoms with Crippen molar-refractivity contribution in [2.75, 3.05) is 12.4 Å². The molecule has 0 saturated carbocycles. The molecule has 0 fully saturated rings. The highest BCUT2D eigenvalue weighted by atomic mass is 16.5. The lowest BCUT2D eigenvalue weighted by atomic mass is 10.2. The Morgan fingerprint density at radius 3 is 2.90 bits per heavy atom. The zero-order valence-electron chi connectivity index (χ0n) is 11.6. The molecule has 3 aromatic rings. The first-order valence-electron chi connectivity index (χ1n) is 6.60. The van der Waals surface area contributed by atoms with Gasteiger partial charge in [0.1, 0.15) is 18.2 Å². The van der Waals surface area contributed by atoms with E-state index >= 15 is 0 Å². The van der Waals surface area contributed by atoms with Crippen LogP contribution in [0.5, 0.6) is 5.75 Å². The number of aromatic nitrogens is 2. The lowest BCUT2D eigenvalue weighted by molar-refractivity contribution is 0.297. The second-order valence-corrected chi connectivity index (χ2v) is 4.77. The van der Waals surface area contributed by atoms with Crippen LogP contribution in [0.1, 0.15) is 11.4 Å². The van der Waals surface area contributed by atoms with Crippen molar-refractivity contribution < 1.29 is 4.74 Å². The molecular weight excluding hydrogens is 250 g/mol. The minimum Gasteiger partial charge on any atom is -0.486 e. The standard InChI is InChI=1S/C16H17N3O/c1-11-4-3-5-13(8-11)20-10-16-18-14-7-6-12(17-2)9-15(14)19-16/h3-9,17H,10H2,1-2H3,(H,18,19).